The summed E-state index contributed by atoms with van der Waals surface area (Å²) in [6, 6.07) is 0.242. The zero-order valence-electron chi connectivity index (χ0n) is 9.25. The lowest BCUT2D eigenvalue weighted by molar-refractivity contribution is 0.138. The molecule has 1 N–H and O–H groups in total. The van der Waals surface area contributed by atoms with Gasteiger partial charge in [-0.3, -0.25) is 0 Å². The summed E-state index contributed by atoms with van der Waals surface area (Å²) in [5.74, 6) is 0.691. The second-order valence-electron chi connectivity index (χ2n) is 4.06. The van der Waals surface area contributed by atoms with E-state index < -0.39 is 0 Å². The van der Waals surface area contributed by atoms with E-state index in [9.17, 15) is 4.79 Å². The summed E-state index contributed by atoms with van der Waals surface area (Å²) >= 11 is 0. The Morgan fingerprint density at radius 3 is 2.86 bits per heavy atom. The summed E-state index contributed by atoms with van der Waals surface area (Å²) in [7, 11) is 3.49. The largest absolute Gasteiger partial charge is 0.453 e. The van der Waals surface area contributed by atoms with E-state index in [1.807, 2.05) is 0 Å². The molecule has 0 aliphatic carbocycles. The number of likely N-dealkylation sites (N-methyl/N-ethyl adjacent to an activating group) is 1. The highest BCUT2D eigenvalue weighted by Crippen LogP contribution is 2.18. The fourth-order valence-corrected chi connectivity index (χ4v) is 2.07. The van der Waals surface area contributed by atoms with Crippen LogP contribution in [0.5, 0.6) is 0 Å². The standard InChI is InChI=1S/C10H20N2O2/c1-4-8-5-9(7-12(2)6-8)11-10(13)14-3/h8-9H,4-7H2,1-3H3,(H,11,13). The van der Waals surface area contributed by atoms with E-state index in [-0.39, 0.29) is 12.1 Å². The first kappa shape index (κ1) is 11.3. The second kappa shape index (κ2) is 5.20. The van der Waals surface area contributed by atoms with Gasteiger partial charge in [-0.2, -0.15) is 0 Å². The van der Waals surface area contributed by atoms with Crippen LogP contribution in [-0.2, 0) is 4.74 Å². The smallest absolute Gasteiger partial charge is 0.407 e. The number of carbonyl (C=O) groups is 1. The highest BCUT2D eigenvalue weighted by Gasteiger charge is 2.25. The summed E-state index contributed by atoms with van der Waals surface area (Å²) in [5.41, 5.74) is 0. The van der Waals surface area contributed by atoms with Gasteiger partial charge in [-0.05, 0) is 19.4 Å². The zero-order valence-corrected chi connectivity index (χ0v) is 9.25. The van der Waals surface area contributed by atoms with E-state index >= 15 is 0 Å². The Kier molecular flexibility index (Phi) is 4.20. The molecule has 82 valence electrons. The summed E-state index contributed by atoms with van der Waals surface area (Å²) in [5, 5.41) is 2.86. The number of piperidine rings is 1. The quantitative estimate of drug-likeness (QED) is 0.725. The number of nitrogens with zero attached hydrogens (tertiary/aromatic N) is 1. The third-order valence-corrected chi connectivity index (χ3v) is 2.80. The third-order valence-electron chi connectivity index (χ3n) is 2.80. The molecule has 4 nitrogen and oxygen atoms in total. The van der Waals surface area contributed by atoms with Gasteiger partial charge in [0.05, 0.1) is 7.11 Å². The van der Waals surface area contributed by atoms with Crippen LogP contribution in [0.25, 0.3) is 0 Å². The maximum absolute atomic E-state index is 11.0. The van der Waals surface area contributed by atoms with Gasteiger partial charge in [0.1, 0.15) is 0 Å². The predicted molar refractivity (Wildman–Crippen MR) is 55.2 cm³/mol. The van der Waals surface area contributed by atoms with Crippen LogP contribution < -0.4 is 5.32 Å². The fourth-order valence-electron chi connectivity index (χ4n) is 2.07. The first-order valence-corrected chi connectivity index (χ1v) is 5.18. The van der Waals surface area contributed by atoms with Gasteiger partial charge in [0, 0.05) is 19.1 Å². The molecule has 0 bridgehead atoms. The van der Waals surface area contributed by atoms with Crippen molar-refractivity contribution >= 4 is 6.09 Å². The number of ether oxygens (including phenoxy) is 1. The van der Waals surface area contributed by atoms with Crippen molar-refractivity contribution in [2.24, 2.45) is 5.92 Å². The minimum Gasteiger partial charge on any atom is -0.453 e. The number of carbonyl (C=O) groups excluding carboxylic acids is 1. The normalized spacial score (nSPS) is 28.5. The number of hydrogen-bond donors (Lipinski definition) is 1. The molecule has 0 aromatic heterocycles. The van der Waals surface area contributed by atoms with Crippen molar-refractivity contribution in [2.45, 2.75) is 25.8 Å². The minimum atomic E-state index is -0.319. The number of likely N-dealkylation sites (tertiary alicyclic amines) is 1. The topological polar surface area (TPSA) is 41.6 Å². The van der Waals surface area contributed by atoms with Crippen molar-refractivity contribution in [3.05, 3.63) is 0 Å². The van der Waals surface area contributed by atoms with Crippen LogP contribution >= 0.6 is 0 Å². The van der Waals surface area contributed by atoms with E-state index in [1.165, 1.54) is 13.5 Å². The first-order valence-electron chi connectivity index (χ1n) is 5.18. The number of nitrogens with one attached hydrogen (secondary N) is 1. The molecule has 1 heterocycles. The predicted octanol–water partition coefficient (Wildman–Crippen LogP) is 1.07. The number of hydrogen-bond acceptors (Lipinski definition) is 3. The molecule has 0 aromatic rings. The van der Waals surface area contributed by atoms with E-state index in [4.69, 9.17) is 0 Å². The molecule has 1 saturated heterocycles. The lowest BCUT2D eigenvalue weighted by atomic mass is 9.92. The SMILES string of the molecule is CCC1CC(NC(=O)OC)CN(C)C1. The van der Waals surface area contributed by atoms with Crippen molar-refractivity contribution in [3.63, 3.8) is 0 Å². The molecule has 1 rings (SSSR count). The van der Waals surface area contributed by atoms with Gasteiger partial charge in [-0.15, -0.1) is 0 Å². The molecular formula is C10H20N2O2. The number of methoxy groups -OCH3 is 1. The third kappa shape index (κ3) is 3.18. The summed E-state index contributed by atoms with van der Waals surface area (Å²) in [6.07, 6.45) is 1.92. The Morgan fingerprint density at radius 2 is 2.29 bits per heavy atom. The molecular weight excluding hydrogens is 180 g/mol. The number of amides is 1. The van der Waals surface area contributed by atoms with Crippen LogP contribution in [0.2, 0.25) is 0 Å². The lowest BCUT2D eigenvalue weighted by Gasteiger charge is -2.35. The van der Waals surface area contributed by atoms with Gasteiger partial charge in [0.2, 0.25) is 0 Å². The molecule has 14 heavy (non-hydrogen) atoms. The van der Waals surface area contributed by atoms with Gasteiger partial charge in [0.25, 0.3) is 0 Å². The maximum Gasteiger partial charge on any atom is 0.407 e. The van der Waals surface area contributed by atoms with Crippen LogP contribution in [0, 0.1) is 5.92 Å². The van der Waals surface area contributed by atoms with E-state index in [1.54, 1.807) is 0 Å². The Labute approximate surface area is 85.6 Å². The summed E-state index contributed by atoms with van der Waals surface area (Å²) < 4.78 is 4.59. The maximum atomic E-state index is 11.0. The van der Waals surface area contributed by atoms with Crippen LogP contribution in [0.15, 0.2) is 0 Å². The van der Waals surface area contributed by atoms with Gasteiger partial charge in [-0.1, -0.05) is 13.3 Å². The van der Waals surface area contributed by atoms with Crippen LogP contribution in [0.1, 0.15) is 19.8 Å². The molecule has 0 saturated carbocycles. The Balaban J connectivity index is 2.40. The van der Waals surface area contributed by atoms with E-state index in [2.05, 4.69) is 28.9 Å². The molecule has 0 aromatic carbocycles. The highest BCUT2D eigenvalue weighted by molar-refractivity contribution is 5.67. The molecule has 1 fully saturated rings. The monoisotopic (exact) mass is 200 g/mol. The molecule has 2 unspecified atom stereocenters. The minimum absolute atomic E-state index is 0.242. The molecule has 2 atom stereocenters. The highest BCUT2D eigenvalue weighted by atomic mass is 16.5. The molecule has 1 amide bonds. The molecule has 1 aliphatic rings. The molecule has 0 spiro atoms. The van der Waals surface area contributed by atoms with Crippen LogP contribution in [0.3, 0.4) is 0 Å². The first-order chi connectivity index (χ1) is 6.65. The molecule has 4 heteroatoms. The fraction of sp³-hybridized carbons (Fsp3) is 0.900. The van der Waals surface area contributed by atoms with Gasteiger partial charge in [-0.25, -0.2) is 4.79 Å². The zero-order chi connectivity index (χ0) is 10.6. The summed E-state index contributed by atoms with van der Waals surface area (Å²) in [6.45, 7) is 4.25. The van der Waals surface area contributed by atoms with Crippen LogP contribution in [0.4, 0.5) is 4.79 Å². The van der Waals surface area contributed by atoms with Gasteiger partial charge in [0.15, 0.2) is 0 Å². The Morgan fingerprint density at radius 1 is 1.57 bits per heavy atom. The van der Waals surface area contributed by atoms with Crippen molar-refractivity contribution in [3.8, 4) is 0 Å². The average Bonchev–Trinajstić information content (AvgIpc) is 2.16. The van der Waals surface area contributed by atoms with Crippen molar-refractivity contribution in [1.82, 2.24) is 10.2 Å². The Hall–Kier alpha value is -0.770. The van der Waals surface area contributed by atoms with Crippen LogP contribution in [-0.4, -0.2) is 44.3 Å². The summed E-state index contributed by atoms with van der Waals surface area (Å²) in [4.78, 5) is 13.3. The van der Waals surface area contributed by atoms with Crippen molar-refractivity contribution in [2.75, 3.05) is 27.2 Å². The number of rotatable bonds is 2. The van der Waals surface area contributed by atoms with E-state index in [0.29, 0.717) is 5.92 Å². The number of alkyl carbamates (subject to hydrolysis) is 1. The lowest BCUT2D eigenvalue weighted by Crippen LogP contribution is -2.49. The van der Waals surface area contributed by atoms with E-state index in [0.717, 1.165) is 19.5 Å². The average molecular weight is 200 g/mol. The Bertz CT molecular complexity index is 197. The van der Waals surface area contributed by atoms with Crippen molar-refractivity contribution in [1.29, 1.82) is 0 Å². The molecule has 1 aliphatic heterocycles. The van der Waals surface area contributed by atoms with Gasteiger partial charge < -0.3 is 15.0 Å². The van der Waals surface area contributed by atoms with Gasteiger partial charge >= 0.3 is 6.09 Å². The van der Waals surface area contributed by atoms with Crippen molar-refractivity contribution < 1.29 is 9.53 Å². The molecule has 0 radical (unpaired) electrons. The second-order valence-corrected chi connectivity index (χ2v) is 4.06.